The molecule has 1 fully saturated rings. The van der Waals surface area contributed by atoms with Crippen molar-refractivity contribution in [2.75, 3.05) is 14.2 Å². The summed E-state index contributed by atoms with van der Waals surface area (Å²) < 4.78 is 22.3. The Balaban J connectivity index is 2.05. The van der Waals surface area contributed by atoms with Crippen molar-refractivity contribution in [2.24, 2.45) is 11.8 Å². The zero-order chi connectivity index (χ0) is 16.8. The fourth-order valence-electron chi connectivity index (χ4n) is 3.09. The molecule has 1 aliphatic heterocycles. The van der Waals surface area contributed by atoms with Crippen LogP contribution in [0.5, 0.6) is 0 Å². The summed E-state index contributed by atoms with van der Waals surface area (Å²) in [6.45, 7) is 4.63. The zero-order valence-electron chi connectivity index (χ0n) is 14.2. The van der Waals surface area contributed by atoms with E-state index in [9.17, 15) is 4.79 Å². The first-order chi connectivity index (χ1) is 11.1. The molecule has 128 valence electrons. The SMILES string of the molecule is COC(=O)C[C@H]1OC(OC)[C@@H](C)[C@@H](OCc2ccccc2)[C@@H]1C. The summed E-state index contributed by atoms with van der Waals surface area (Å²) in [7, 11) is 3.00. The molecule has 1 aliphatic rings. The molecule has 2 rings (SSSR count). The number of hydrogen-bond donors (Lipinski definition) is 0. The molecule has 1 saturated heterocycles. The third kappa shape index (κ3) is 4.53. The van der Waals surface area contributed by atoms with Crippen molar-refractivity contribution >= 4 is 5.97 Å². The molecule has 5 atom stereocenters. The van der Waals surface area contributed by atoms with Gasteiger partial charge in [-0.1, -0.05) is 44.2 Å². The molecule has 0 saturated carbocycles. The van der Waals surface area contributed by atoms with E-state index in [0.29, 0.717) is 6.61 Å². The Kier molecular flexibility index (Phi) is 6.57. The number of ether oxygens (including phenoxy) is 4. The highest BCUT2D eigenvalue weighted by Gasteiger charge is 2.43. The van der Waals surface area contributed by atoms with Crippen molar-refractivity contribution in [2.45, 2.75) is 45.4 Å². The molecule has 5 nitrogen and oxygen atoms in total. The van der Waals surface area contributed by atoms with Crippen molar-refractivity contribution in [3.8, 4) is 0 Å². The first kappa shape index (κ1) is 17.9. The molecule has 0 amide bonds. The van der Waals surface area contributed by atoms with Crippen LogP contribution in [0.1, 0.15) is 25.8 Å². The maximum Gasteiger partial charge on any atom is 0.308 e. The molecule has 0 spiro atoms. The molecule has 0 bridgehead atoms. The maximum absolute atomic E-state index is 11.6. The maximum atomic E-state index is 11.6. The average molecular weight is 322 g/mol. The van der Waals surface area contributed by atoms with Crippen LogP contribution in [0, 0.1) is 11.8 Å². The molecule has 0 radical (unpaired) electrons. The monoisotopic (exact) mass is 322 g/mol. The second-order valence-electron chi connectivity index (χ2n) is 6.04. The van der Waals surface area contributed by atoms with Gasteiger partial charge in [-0.2, -0.15) is 0 Å². The number of rotatable bonds is 6. The molecule has 1 aromatic rings. The van der Waals surface area contributed by atoms with Crippen LogP contribution >= 0.6 is 0 Å². The third-order valence-electron chi connectivity index (χ3n) is 4.47. The van der Waals surface area contributed by atoms with Gasteiger partial charge in [-0.15, -0.1) is 0 Å². The van der Waals surface area contributed by atoms with Gasteiger partial charge < -0.3 is 18.9 Å². The number of hydrogen-bond acceptors (Lipinski definition) is 5. The Hall–Kier alpha value is -1.43. The second kappa shape index (κ2) is 8.43. The Morgan fingerprint density at radius 2 is 1.83 bits per heavy atom. The van der Waals surface area contributed by atoms with Crippen LogP contribution in [-0.4, -0.2) is 38.7 Å². The van der Waals surface area contributed by atoms with E-state index >= 15 is 0 Å². The quantitative estimate of drug-likeness (QED) is 0.754. The summed E-state index contributed by atoms with van der Waals surface area (Å²) in [5, 5.41) is 0. The Morgan fingerprint density at radius 3 is 2.43 bits per heavy atom. The van der Waals surface area contributed by atoms with E-state index in [1.54, 1.807) is 7.11 Å². The van der Waals surface area contributed by atoms with Gasteiger partial charge in [-0.3, -0.25) is 4.79 Å². The molecule has 1 heterocycles. The van der Waals surface area contributed by atoms with Gasteiger partial charge in [0, 0.05) is 18.9 Å². The van der Waals surface area contributed by atoms with E-state index in [1.165, 1.54) is 7.11 Å². The number of carbonyl (C=O) groups is 1. The van der Waals surface area contributed by atoms with Gasteiger partial charge in [-0.05, 0) is 5.56 Å². The molecule has 0 N–H and O–H groups in total. The highest BCUT2D eigenvalue weighted by Crippen LogP contribution is 2.34. The minimum absolute atomic E-state index is 0.0523. The molecular weight excluding hydrogens is 296 g/mol. The lowest BCUT2D eigenvalue weighted by molar-refractivity contribution is -0.263. The van der Waals surface area contributed by atoms with E-state index in [-0.39, 0.29) is 42.7 Å². The smallest absolute Gasteiger partial charge is 0.308 e. The molecule has 1 unspecified atom stereocenters. The van der Waals surface area contributed by atoms with Crippen molar-refractivity contribution in [3.05, 3.63) is 35.9 Å². The molecule has 1 aromatic carbocycles. The van der Waals surface area contributed by atoms with Gasteiger partial charge in [0.25, 0.3) is 0 Å². The van der Waals surface area contributed by atoms with Gasteiger partial charge in [0.05, 0.1) is 32.3 Å². The van der Waals surface area contributed by atoms with Crippen LogP contribution in [0.15, 0.2) is 30.3 Å². The number of methoxy groups -OCH3 is 2. The molecule has 5 heteroatoms. The van der Waals surface area contributed by atoms with E-state index < -0.39 is 0 Å². The topological polar surface area (TPSA) is 54.0 Å². The van der Waals surface area contributed by atoms with Crippen LogP contribution in [0.3, 0.4) is 0 Å². The number of benzene rings is 1. The van der Waals surface area contributed by atoms with Crippen molar-refractivity contribution in [3.63, 3.8) is 0 Å². The fourth-order valence-corrected chi connectivity index (χ4v) is 3.09. The molecule has 0 aliphatic carbocycles. The van der Waals surface area contributed by atoms with Crippen LogP contribution in [0.4, 0.5) is 0 Å². The van der Waals surface area contributed by atoms with Gasteiger partial charge in [0.2, 0.25) is 0 Å². The van der Waals surface area contributed by atoms with Crippen LogP contribution in [0.2, 0.25) is 0 Å². The zero-order valence-corrected chi connectivity index (χ0v) is 14.2. The van der Waals surface area contributed by atoms with Gasteiger partial charge in [0.15, 0.2) is 6.29 Å². The van der Waals surface area contributed by atoms with Crippen molar-refractivity contribution < 1.29 is 23.7 Å². The van der Waals surface area contributed by atoms with Crippen molar-refractivity contribution in [1.29, 1.82) is 0 Å². The van der Waals surface area contributed by atoms with E-state index in [2.05, 4.69) is 6.92 Å². The first-order valence-corrected chi connectivity index (χ1v) is 7.97. The summed E-state index contributed by atoms with van der Waals surface area (Å²) in [6, 6.07) is 10.0. The van der Waals surface area contributed by atoms with Crippen LogP contribution < -0.4 is 0 Å². The Labute approximate surface area is 137 Å². The largest absolute Gasteiger partial charge is 0.469 e. The Morgan fingerprint density at radius 1 is 1.13 bits per heavy atom. The highest BCUT2D eigenvalue weighted by molar-refractivity contribution is 5.69. The van der Waals surface area contributed by atoms with E-state index in [0.717, 1.165) is 5.56 Å². The minimum Gasteiger partial charge on any atom is -0.469 e. The van der Waals surface area contributed by atoms with E-state index in [1.807, 2.05) is 37.3 Å². The van der Waals surface area contributed by atoms with Gasteiger partial charge in [-0.25, -0.2) is 0 Å². The predicted octanol–water partition coefficient (Wildman–Crippen LogP) is 2.78. The van der Waals surface area contributed by atoms with Gasteiger partial charge in [0.1, 0.15) is 0 Å². The standard InChI is InChI=1S/C18H26O5/c1-12-15(10-16(19)20-3)23-18(21-4)13(2)17(12)22-11-14-8-6-5-7-9-14/h5-9,12-13,15,17-18H,10-11H2,1-4H3/t12-,13+,15-,17+,18?/m1/s1. The number of carbonyl (C=O) groups excluding carboxylic acids is 1. The third-order valence-corrected chi connectivity index (χ3v) is 4.47. The second-order valence-corrected chi connectivity index (χ2v) is 6.04. The fraction of sp³-hybridized carbons (Fsp3) is 0.611. The lowest BCUT2D eigenvalue weighted by Gasteiger charge is -2.43. The van der Waals surface area contributed by atoms with Gasteiger partial charge >= 0.3 is 5.97 Å². The number of esters is 1. The Bertz CT molecular complexity index is 489. The van der Waals surface area contributed by atoms with Crippen LogP contribution in [-0.2, 0) is 30.3 Å². The minimum atomic E-state index is -0.387. The summed E-state index contributed by atoms with van der Waals surface area (Å²) in [5.41, 5.74) is 1.12. The summed E-state index contributed by atoms with van der Waals surface area (Å²) in [4.78, 5) is 11.6. The molecule has 0 aromatic heterocycles. The predicted molar refractivity (Wildman–Crippen MR) is 85.7 cm³/mol. The molecular formula is C18H26O5. The first-order valence-electron chi connectivity index (χ1n) is 7.97. The lowest BCUT2D eigenvalue weighted by atomic mass is 9.84. The molecule has 23 heavy (non-hydrogen) atoms. The summed E-state index contributed by atoms with van der Waals surface area (Å²) in [6.07, 6.45) is -0.510. The average Bonchev–Trinajstić information content (AvgIpc) is 2.58. The van der Waals surface area contributed by atoms with Crippen LogP contribution in [0.25, 0.3) is 0 Å². The summed E-state index contributed by atoms with van der Waals surface area (Å²) in [5.74, 6) is -0.139. The summed E-state index contributed by atoms with van der Waals surface area (Å²) >= 11 is 0. The normalized spacial score (nSPS) is 30.9. The highest BCUT2D eigenvalue weighted by atomic mass is 16.7. The lowest BCUT2D eigenvalue weighted by Crippen LogP contribution is -2.51. The van der Waals surface area contributed by atoms with E-state index in [4.69, 9.17) is 18.9 Å². The van der Waals surface area contributed by atoms with Crippen molar-refractivity contribution in [1.82, 2.24) is 0 Å².